The molecule has 4 aromatic rings. The number of pyridine rings is 3. The minimum atomic E-state index is -4.16. The van der Waals surface area contributed by atoms with Gasteiger partial charge in [0.2, 0.25) is 0 Å². The lowest BCUT2D eigenvalue weighted by atomic mass is 10.2. The SMILES string of the molecule is Cc1ccc(S(=O)(=O)OS(c2ccccn2)(c2ccccn2)c2ccccn2)cc1. The predicted molar refractivity (Wildman–Crippen MR) is 115 cm³/mol. The van der Waals surface area contributed by atoms with E-state index in [0.717, 1.165) is 5.56 Å². The fraction of sp³-hybridized carbons (Fsp3) is 0.0455. The van der Waals surface area contributed by atoms with Crippen molar-refractivity contribution in [1.29, 1.82) is 0 Å². The summed E-state index contributed by atoms with van der Waals surface area (Å²) in [7, 11) is -7.03. The van der Waals surface area contributed by atoms with Gasteiger partial charge in [-0.15, -0.1) is 0 Å². The van der Waals surface area contributed by atoms with E-state index >= 15 is 0 Å². The lowest BCUT2D eigenvalue weighted by molar-refractivity contribution is 0.505. The lowest BCUT2D eigenvalue weighted by Gasteiger charge is -2.35. The van der Waals surface area contributed by atoms with Crippen LogP contribution in [0, 0.1) is 6.92 Å². The molecule has 3 aromatic heterocycles. The molecular formula is C22H19N3O3S2. The summed E-state index contributed by atoms with van der Waals surface area (Å²) in [5, 5.41) is 1.33. The van der Waals surface area contributed by atoms with Crippen molar-refractivity contribution in [3.63, 3.8) is 0 Å². The summed E-state index contributed by atoms with van der Waals surface area (Å²) in [5.41, 5.74) is 0.951. The highest BCUT2D eigenvalue weighted by molar-refractivity contribution is 8.32. The van der Waals surface area contributed by atoms with Crippen LogP contribution in [0.5, 0.6) is 0 Å². The van der Waals surface area contributed by atoms with Crippen LogP contribution in [0.4, 0.5) is 0 Å². The van der Waals surface area contributed by atoms with E-state index in [1.54, 1.807) is 85.3 Å². The molecule has 1 aromatic carbocycles. The second-order valence-corrected chi connectivity index (χ2v) is 10.7. The summed E-state index contributed by atoms with van der Waals surface area (Å²) < 4.78 is 32.9. The Morgan fingerprint density at radius 3 is 1.43 bits per heavy atom. The van der Waals surface area contributed by atoms with Crippen molar-refractivity contribution in [3.05, 3.63) is 103 Å². The van der Waals surface area contributed by atoms with E-state index in [1.807, 2.05) is 6.92 Å². The van der Waals surface area contributed by atoms with Gasteiger partial charge >= 0.3 is 10.1 Å². The summed E-state index contributed by atoms with van der Waals surface area (Å²) in [6, 6.07) is 22.4. The maximum atomic E-state index is 13.4. The van der Waals surface area contributed by atoms with Crippen molar-refractivity contribution in [2.75, 3.05) is 0 Å². The molecule has 0 saturated heterocycles. The largest absolute Gasteiger partial charge is 0.307 e. The van der Waals surface area contributed by atoms with Gasteiger partial charge in [0.05, 0.1) is 4.90 Å². The maximum Gasteiger partial charge on any atom is 0.307 e. The van der Waals surface area contributed by atoms with Gasteiger partial charge in [-0.1, -0.05) is 35.9 Å². The summed E-state index contributed by atoms with van der Waals surface area (Å²) in [5.74, 6) is 0. The number of aryl methyl sites for hydroxylation is 1. The summed E-state index contributed by atoms with van der Waals surface area (Å²) in [6.07, 6.45) is 4.81. The fourth-order valence-electron chi connectivity index (χ4n) is 2.86. The van der Waals surface area contributed by atoms with Crippen LogP contribution in [0.2, 0.25) is 0 Å². The van der Waals surface area contributed by atoms with Crippen molar-refractivity contribution < 1.29 is 12.0 Å². The van der Waals surface area contributed by atoms with Crippen molar-refractivity contribution in [1.82, 2.24) is 15.0 Å². The normalized spacial score (nSPS) is 12.4. The Kier molecular flexibility index (Phi) is 5.63. The van der Waals surface area contributed by atoms with Crippen LogP contribution in [0.25, 0.3) is 0 Å². The van der Waals surface area contributed by atoms with Crippen LogP contribution in [-0.2, 0) is 13.7 Å². The molecule has 0 bridgehead atoms. The monoisotopic (exact) mass is 437 g/mol. The molecule has 0 fully saturated rings. The highest BCUT2D eigenvalue weighted by Gasteiger charge is 2.41. The summed E-state index contributed by atoms with van der Waals surface area (Å²) >= 11 is 0. The maximum absolute atomic E-state index is 13.4. The summed E-state index contributed by atoms with van der Waals surface area (Å²) in [4.78, 5) is 13.5. The van der Waals surface area contributed by atoms with Gasteiger partial charge in [0.15, 0.2) is 0 Å². The van der Waals surface area contributed by atoms with E-state index in [4.69, 9.17) is 3.63 Å². The number of aromatic nitrogens is 3. The topological polar surface area (TPSA) is 82.0 Å². The van der Waals surface area contributed by atoms with Crippen molar-refractivity contribution in [2.24, 2.45) is 0 Å². The van der Waals surface area contributed by atoms with E-state index in [2.05, 4.69) is 15.0 Å². The molecular weight excluding hydrogens is 418 g/mol. The van der Waals surface area contributed by atoms with E-state index in [1.165, 1.54) is 12.1 Å². The van der Waals surface area contributed by atoms with Gasteiger partial charge in [0.1, 0.15) is 15.1 Å². The van der Waals surface area contributed by atoms with Crippen LogP contribution in [0.1, 0.15) is 5.56 Å². The van der Waals surface area contributed by atoms with E-state index in [9.17, 15) is 8.42 Å². The Bertz CT molecular complexity index is 1120. The molecule has 0 unspecified atom stereocenters. The van der Waals surface area contributed by atoms with Crippen molar-refractivity contribution in [3.8, 4) is 0 Å². The third-order valence-corrected chi connectivity index (χ3v) is 9.17. The minimum Gasteiger partial charge on any atom is -0.249 e. The third kappa shape index (κ3) is 3.85. The zero-order valence-corrected chi connectivity index (χ0v) is 17.8. The molecule has 4 rings (SSSR count). The number of hydrogen-bond donors (Lipinski definition) is 0. The Morgan fingerprint density at radius 2 is 1.07 bits per heavy atom. The molecule has 0 N–H and O–H groups in total. The van der Waals surface area contributed by atoms with Gasteiger partial charge in [0, 0.05) is 28.9 Å². The molecule has 8 heteroatoms. The van der Waals surface area contributed by atoms with E-state index < -0.39 is 20.4 Å². The molecule has 0 amide bonds. The molecule has 0 radical (unpaired) electrons. The third-order valence-electron chi connectivity index (χ3n) is 4.30. The zero-order valence-electron chi connectivity index (χ0n) is 16.1. The average molecular weight is 438 g/mol. The molecule has 0 spiro atoms. The molecule has 6 nitrogen and oxygen atoms in total. The van der Waals surface area contributed by atoms with Crippen molar-refractivity contribution >= 4 is 20.4 Å². The number of benzene rings is 1. The number of hydrogen-bond acceptors (Lipinski definition) is 6. The zero-order chi connectivity index (χ0) is 21.0. The smallest absolute Gasteiger partial charge is 0.249 e. The molecule has 0 aliphatic rings. The van der Waals surface area contributed by atoms with Gasteiger partial charge in [-0.3, -0.25) is 0 Å². The number of rotatable bonds is 6. The van der Waals surface area contributed by atoms with Gasteiger partial charge in [-0.2, -0.15) is 12.0 Å². The molecule has 30 heavy (non-hydrogen) atoms. The highest BCUT2D eigenvalue weighted by Crippen LogP contribution is 2.68. The second-order valence-electron chi connectivity index (χ2n) is 6.40. The highest BCUT2D eigenvalue weighted by atomic mass is 32.3. The standard InChI is InChI=1S/C22H19N3O3S2/c1-18-11-13-19(14-12-18)30(26,27)28-29(20-8-2-5-15-23-20,21-9-3-6-16-24-21)22-10-4-7-17-25-22/h2-17H,1H3. The van der Waals surface area contributed by atoms with Gasteiger partial charge in [-0.05, 0) is 55.5 Å². The average Bonchev–Trinajstić information content (AvgIpc) is 2.79. The van der Waals surface area contributed by atoms with Crippen LogP contribution < -0.4 is 0 Å². The summed E-state index contributed by atoms with van der Waals surface area (Å²) in [6.45, 7) is 1.89. The van der Waals surface area contributed by atoms with E-state index in [0.29, 0.717) is 15.1 Å². The van der Waals surface area contributed by atoms with Gasteiger partial charge in [-0.25, -0.2) is 15.0 Å². The van der Waals surface area contributed by atoms with E-state index in [-0.39, 0.29) is 4.90 Å². The fourth-order valence-corrected chi connectivity index (χ4v) is 7.63. The quantitative estimate of drug-likeness (QED) is 0.432. The Morgan fingerprint density at radius 1 is 0.633 bits per heavy atom. The lowest BCUT2D eigenvalue weighted by Crippen LogP contribution is -2.17. The van der Waals surface area contributed by atoms with Crippen LogP contribution in [-0.4, -0.2) is 23.4 Å². The molecule has 0 atom stereocenters. The Hall–Kier alpha value is -3.07. The van der Waals surface area contributed by atoms with Crippen LogP contribution in [0.15, 0.2) is 117 Å². The second kappa shape index (κ2) is 8.35. The first-order chi connectivity index (χ1) is 14.5. The molecule has 3 heterocycles. The molecule has 152 valence electrons. The molecule has 0 aliphatic heterocycles. The first kappa shape index (κ1) is 20.2. The first-order valence-electron chi connectivity index (χ1n) is 9.12. The van der Waals surface area contributed by atoms with Gasteiger partial charge in [0.25, 0.3) is 0 Å². The van der Waals surface area contributed by atoms with Crippen LogP contribution >= 0.6 is 10.3 Å². The Balaban J connectivity index is 1.99. The van der Waals surface area contributed by atoms with Crippen LogP contribution in [0.3, 0.4) is 0 Å². The predicted octanol–water partition coefficient (Wildman–Crippen LogP) is 4.78. The Labute approximate surface area is 177 Å². The minimum absolute atomic E-state index is 0.0627. The molecule has 0 saturated carbocycles. The van der Waals surface area contributed by atoms with Crippen molar-refractivity contribution in [2.45, 2.75) is 26.9 Å². The van der Waals surface area contributed by atoms with Gasteiger partial charge < -0.3 is 0 Å². The number of nitrogens with zero attached hydrogens (tertiary/aromatic N) is 3. The molecule has 0 aliphatic carbocycles. The first-order valence-corrected chi connectivity index (χ1v) is 12.1.